The zero-order valence-electron chi connectivity index (χ0n) is 22.2. The van der Waals surface area contributed by atoms with Gasteiger partial charge in [-0.2, -0.15) is 0 Å². The van der Waals surface area contributed by atoms with Gasteiger partial charge in [0.25, 0.3) is 0 Å². The van der Waals surface area contributed by atoms with Crippen LogP contribution in [0, 0.1) is 13.8 Å². The molecule has 1 N–H and O–H groups in total. The maximum Gasteiger partial charge on any atom is 0.306 e. The van der Waals surface area contributed by atoms with Crippen LogP contribution in [0.15, 0.2) is 0 Å². The van der Waals surface area contributed by atoms with Crippen molar-refractivity contribution in [3.05, 3.63) is 22.5 Å². The maximum atomic E-state index is 12.9. The number of nitrogens with one attached hydrogen (secondary N) is 1. The molecule has 0 aromatic carbocycles. The van der Waals surface area contributed by atoms with E-state index in [2.05, 4.69) is 11.9 Å². The Bertz CT molecular complexity index is 662. The Hall–Kier alpha value is -1.58. The first-order chi connectivity index (χ1) is 16.0. The lowest BCUT2D eigenvalue weighted by molar-refractivity contribution is -0.143. The molecule has 0 atom stereocenters. The van der Waals surface area contributed by atoms with Gasteiger partial charge in [0.15, 0.2) is 5.78 Å². The highest BCUT2D eigenvalue weighted by atomic mass is 16.5. The molecule has 0 amide bonds. The van der Waals surface area contributed by atoms with E-state index >= 15 is 0 Å². The van der Waals surface area contributed by atoms with Crippen molar-refractivity contribution < 1.29 is 14.3 Å². The van der Waals surface area contributed by atoms with Gasteiger partial charge in [0.1, 0.15) is 0 Å². The first-order valence-electron chi connectivity index (χ1n) is 13.9. The summed E-state index contributed by atoms with van der Waals surface area (Å²) in [5.41, 5.74) is 3.72. The Labute approximate surface area is 203 Å². The number of esters is 1. The first-order valence-corrected chi connectivity index (χ1v) is 13.9. The maximum absolute atomic E-state index is 12.9. The Morgan fingerprint density at radius 1 is 0.667 bits per heavy atom. The minimum absolute atomic E-state index is 0.198. The second kappa shape index (κ2) is 18.8. The molecule has 0 aliphatic carbocycles. The number of hydrogen-bond donors (Lipinski definition) is 1. The summed E-state index contributed by atoms with van der Waals surface area (Å²) in [4.78, 5) is 27.9. The summed E-state index contributed by atoms with van der Waals surface area (Å²) >= 11 is 0. The zero-order chi connectivity index (χ0) is 24.3. The number of H-pyrrole nitrogens is 1. The van der Waals surface area contributed by atoms with Gasteiger partial charge in [0.05, 0.1) is 6.61 Å². The minimum atomic E-state index is -0.198. The summed E-state index contributed by atoms with van der Waals surface area (Å²) < 4.78 is 5.04. The van der Waals surface area contributed by atoms with Gasteiger partial charge in [-0.1, -0.05) is 96.8 Å². The summed E-state index contributed by atoms with van der Waals surface area (Å²) in [5, 5.41) is 0. The third-order valence-electron chi connectivity index (χ3n) is 6.68. The van der Waals surface area contributed by atoms with E-state index in [1.165, 1.54) is 83.5 Å². The topological polar surface area (TPSA) is 59.2 Å². The highest BCUT2D eigenvalue weighted by molar-refractivity contribution is 5.99. The van der Waals surface area contributed by atoms with Gasteiger partial charge >= 0.3 is 5.97 Å². The van der Waals surface area contributed by atoms with Crippen molar-refractivity contribution in [2.24, 2.45) is 0 Å². The van der Waals surface area contributed by atoms with Gasteiger partial charge in [-0.3, -0.25) is 9.59 Å². The van der Waals surface area contributed by atoms with Crippen LogP contribution in [-0.4, -0.2) is 23.3 Å². The molecular formula is C29H51NO3. The largest absolute Gasteiger partial charge is 0.466 e. The predicted molar refractivity (Wildman–Crippen MR) is 139 cm³/mol. The van der Waals surface area contributed by atoms with Crippen molar-refractivity contribution in [1.29, 1.82) is 0 Å². The normalized spacial score (nSPS) is 11.2. The average molecular weight is 462 g/mol. The molecule has 1 heterocycles. The van der Waals surface area contributed by atoms with E-state index in [-0.39, 0.29) is 11.8 Å². The van der Waals surface area contributed by atoms with Crippen LogP contribution < -0.4 is 0 Å². The molecule has 4 nitrogen and oxygen atoms in total. The summed E-state index contributed by atoms with van der Waals surface area (Å²) in [7, 11) is 0. The van der Waals surface area contributed by atoms with Gasteiger partial charge < -0.3 is 9.72 Å². The number of ether oxygens (including phenoxy) is 1. The number of aromatic nitrogens is 1. The van der Waals surface area contributed by atoms with Crippen molar-refractivity contribution in [2.45, 2.75) is 143 Å². The van der Waals surface area contributed by atoms with E-state index in [0.29, 0.717) is 25.9 Å². The monoisotopic (exact) mass is 461 g/mol. The molecule has 1 aromatic heterocycles. The van der Waals surface area contributed by atoms with Crippen LogP contribution in [-0.2, 0) is 16.0 Å². The van der Waals surface area contributed by atoms with Crippen molar-refractivity contribution in [3.8, 4) is 0 Å². The molecule has 1 aromatic rings. The molecule has 0 fully saturated rings. The Kier molecular flexibility index (Phi) is 16.8. The van der Waals surface area contributed by atoms with Gasteiger partial charge in [-0.15, -0.1) is 0 Å². The Morgan fingerprint density at radius 3 is 1.64 bits per heavy atom. The number of Topliss-reactive ketones (excluding diaryl/α,β-unsaturated/α-hetero) is 1. The predicted octanol–water partition coefficient (Wildman–Crippen LogP) is 8.57. The van der Waals surface area contributed by atoms with Crippen molar-refractivity contribution in [3.63, 3.8) is 0 Å². The second-order valence-electron chi connectivity index (χ2n) is 9.66. The third-order valence-corrected chi connectivity index (χ3v) is 6.68. The van der Waals surface area contributed by atoms with Crippen LogP contribution in [0.4, 0.5) is 0 Å². The average Bonchev–Trinajstić information content (AvgIpc) is 3.07. The number of aromatic amines is 1. The molecule has 0 aliphatic heterocycles. The molecule has 0 saturated carbocycles. The van der Waals surface area contributed by atoms with E-state index in [9.17, 15) is 9.59 Å². The highest BCUT2D eigenvalue weighted by Crippen LogP contribution is 2.23. The van der Waals surface area contributed by atoms with Crippen LogP contribution in [0.2, 0.25) is 0 Å². The quantitative estimate of drug-likeness (QED) is 0.113. The van der Waals surface area contributed by atoms with Crippen molar-refractivity contribution in [2.75, 3.05) is 6.61 Å². The molecule has 0 spiro atoms. The van der Waals surface area contributed by atoms with E-state index in [4.69, 9.17) is 4.74 Å². The lowest BCUT2D eigenvalue weighted by Gasteiger charge is -2.07. The van der Waals surface area contributed by atoms with E-state index in [0.717, 1.165) is 35.4 Å². The van der Waals surface area contributed by atoms with Crippen molar-refractivity contribution >= 4 is 11.8 Å². The molecule has 4 heteroatoms. The fraction of sp³-hybridized carbons (Fsp3) is 0.793. The number of hydrogen-bond acceptors (Lipinski definition) is 3. The molecule has 1 rings (SSSR count). The Balaban J connectivity index is 2.13. The molecule has 0 bridgehead atoms. The molecule has 190 valence electrons. The fourth-order valence-corrected chi connectivity index (χ4v) is 4.77. The highest BCUT2D eigenvalue weighted by Gasteiger charge is 2.19. The third kappa shape index (κ3) is 13.0. The fourth-order valence-electron chi connectivity index (χ4n) is 4.77. The standard InChI is InChI=1S/C29H51NO3/c1-5-7-8-9-10-11-12-13-14-15-16-17-18-19-20-21-27(31)29-25(4)30-24(3)26(29)22-23-28(32)33-6-2/h30H,5-23H2,1-4H3. The van der Waals surface area contributed by atoms with Gasteiger partial charge in [-0.25, -0.2) is 0 Å². The molecule has 33 heavy (non-hydrogen) atoms. The minimum Gasteiger partial charge on any atom is -0.466 e. The molecule has 0 radical (unpaired) electrons. The number of aryl methyl sites for hydroxylation is 2. The second-order valence-corrected chi connectivity index (χ2v) is 9.66. The first kappa shape index (κ1) is 29.5. The summed E-state index contributed by atoms with van der Waals surface area (Å²) in [6.07, 6.45) is 21.4. The van der Waals surface area contributed by atoms with Crippen LogP contribution >= 0.6 is 0 Å². The molecule has 0 aliphatic rings. The van der Waals surface area contributed by atoms with Crippen molar-refractivity contribution in [1.82, 2.24) is 4.98 Å². The van der Waals surface area contributed by atoms with Crippen LogP contribution in [0.1, 0.15) is 150 Å². The van der Waals surface area contributed by atoms with Crippen LogP contribution in [0.25, 0.3) is 0 Å². The lowest BCUT2D eigenvalue weighted by Crippen LogP contribution is -2.08. The number of carbonyl (C=O) groups excluding carboxylic acids is 2. The van der Waals surface area contributed by atoms with Gasteiger partial charge in [0, 0.05) is 29.8 Å². The number of carbonyl (C=O) groups is 2. The summed E-state index contributed by atoms with van der Waals surface area (Å²) in [6, 6.07) is 0. The smallest absolute Gasteiger partial charge is 0.306 e. The number of rotatable bonds is 21. The van der Waals surface area contributed by atoms with Crippen LogP contribution in [0.3, 0.4) is 0 Å². The summed E-state index contributed by atoms with van der Waals surface area (Å²) in [6.45, 7) is 8.43. The summed E-state index contributed by atoms with van der Waals surface area (Å²) in [5.74, 6) is 0.0157. The van der Waals surface area contributed by atoms with E-state index < -0.39 is 0 Å². The molecule has 0 saturated heterocycles. The van der Waals surface area contributed by atoms with Gasteiger partial charge in [-0.05, 0) is 39.2 Å². The van der Waals surface area contributed by atoms with E-state index in [1.54, 1.807) is 0 Å². The molecular weight excluding hydrogens is 410 g/mol. The molecule has 0 unspecified atom stereocenters. The zero-order valence-corrected chi connectivity index (χ0v) is 22.2. The lowest BCUT2D eigenvalue weighted by atomic mass is 9.97. The number of unbranched alkanes of at least 4 members (excludes halogenated alkanes) is 14. The number of ketones is 1. The SMILES string of the molecule is CCCCCCCCCCCCCCCCCC(=O)c1c(C)[nH]c(C)c1CCC(=O)OCC. The van der Waals surface area contributed by atoms with Crippen LogP contribution in [0.5, 0.6) is 0 Å². The van der Waals surface area contributed by atoms with E-state index in [1.807, 2.05) is 20.8 Å². The van der Waals surface area contributed by atoms with Gasteiger partial charge in [0.2, 0.25) is 0 Å². The Morgan fingerprint density at radius 2 is 1.15 bits per heavy atom.